The minimum Gasteiger partial charge on any atom is -0.444 e. The molecule has 14 heteroatoms. The van der Waals surface area contributed by atoms with Gasteiger partial charge in [0.2, 0.25) is 0 Å². The summed E-state index contributed by atoms with van der Waals surface area (Å²) in [5, 5.41) is 2.56. The first kappa shape index (κ1) is 32.6. The van der Waals surface area contributed by atoms with E-state index in [2.05, 4.69) is 9.97 Å². The lowest BCUT2D eigenvalue weighted by atomic mass is 10.0. The first-order valence-corrected chi connectivity index (χ1v) is 17.7. The van der Waals surface area contributed by atoms with Crippen LogP contribution in [-0.4, -0.2) is 62.1 Å². The molecule has 246 valence electrons. The minimum atomic E-state index is -4.64. The molecule has 1 aromatic carbocycles. The number of alkyl halides is 3. The molecule has 1 saturated heterocycles. The molecular weight excluding hydrogens is 659 g/mol. The van der Waals surface area contributed by atoms with Crippen LogP contribution in [0.5, 0.6) is 0 Å². The Labute approximate surface area is 276 Å². The topological polar surface area (TPSA) is 80.6 Å². The summed E-state index contributed by atoms with van der Waals surface area (Å²) in [7, 11) is -1.36. The fraction of sp³-hybridized carbons (Fsp3) is 0.438. The molecular formula is C32H35ClF3N5O3S2. The molecule has 8 nitrogen and oxygen atoms in total. The van der Waals surface area contributed by atoms with Gasteiger partial charge in [0.05, 0.1) is 28.2 Å². The van der Waals surface area contributed by atoms with E-state index in [1.54, 1.807) is 43.4 Å². The van der Waals surface area contributed by atoms with Gasteiger partial charge >= 0.3 is 18.0 Å². The van der Waals surface area contributed by atoms with E-state index in [4.69, 9.17) is 16.3 Å². The summed E-state index contributed by atoms with van der Waals surface area (Å²) in [6.07, 6.45) is -1.69. The van der Waals surface area contributed by atoms with Gasteiger partial charge in [0.25, 0.3) is 0 Å². The van der Waals surface area contributed by atoms with Crippen LogP contribution >= 0.6 is 33.8 Å². The SMILES string of the molecule is C[C@@H]1CN(c2nc(=O)n3c4c(cc(C(F)(F)F)cc24)[SH](c2cc(Cl)cs2)C[C@@H](c2cccnc2)C3)C[C@H](C)N1C(=O)OC(C)(C)C. The fourth-order valence-electron chi connectivity index (χ4n) is 6.41. The van der Waals surface area contributed by atoms with Crippen LogP contribution in [0.4, 0.5) is 23.8 Å². The van der Waals surface area contributed by atoms with Crippen LogP contribution in [0.3, 0.4) is 0 Å². The molecule has 0 spiro atoms. The molecule has 0 bridgehead atoms. The number of aromatic nitrogens is 3. The van der Waals surface area contributed by atoms with E-state index in [-0.39, 0.29) is 48.8 Å². The highest BCUT2D eigenvalue weighted by molar-refractivity contribution is 8.18. The summed E-state index contributed by atoms with van der Waals surface area (Å²) in [5.74, 6) is 0.492. The van der Waals surface area contributed by atoms with Gasteiger partial charge in [-0.3, -0.25) is 14.5 Å². The molecule has 0 N–H and O–H groups in total. The lowest BCUT2D eigenvalue weighted by molar-refractivity contribution is -0.137. The summed E-state index contributed by atoms with van der Waals surface area (Å²) in [5.41, 5.74) is -0.669. The lowest BCUT2D eigenvalue weighted by Gasteiger charge is -2.45. The van der Waals surface area contributed by atoms with Gasteiger partial charge in [-0.25, -0.2) is 9.59 Å². The van der Waals surface area contributed by atoms with Crippen LogP contribution < -0.4 is 10.6 Å². The van der Waals surface area contributed by atoms with Gasteiger partial charge in [-0.05, 0) is 70.2 Å². The molecule has 0 aliphatic carbocycles. The molecule has 4 atom stereocenters. The summed E-state index contributed by atoms with van der Waals surface area (Å²) in [6.45, 7) is 9.85. The number of pyridine rings is 1. The third-order valence-corrected chi connectivity index (χ3v) is 12.7. The van der Waals surface area contributed by atoms with Gasteiger partial charge in [0, 0.05) is 57.8 Å². The zero-order valence-corrected chi connectivity index (χ0v) is 28.5. The summed E-state index contributed by atoms with van der Waals surface area (Å²) in [4.78, 5) is 39.7. The molecule has 4 aromatic rings. The van der Waals surface area contributed by atoms with Crippen molar-refractivity contribution >= 4 is 56.6 Å². The third kappa shape index (κ3) is 6.33. The van der Waals surface area contributed by atoms with Crippen molar-refractivity contribution in [1.29, 1.82) is 0 Å². The molecule has 3 aromatic heterocycles. The highest BCUT2D eigenvalue weighted by atomic mass is 35.5. The Morgan fingerprint density at radius 1 is 1.11 bits per heavy atom. The van der Waals surface area contributed by atoms with Crippen molar-refractivity contribution in [3.8, 4) is 0 Å². The number of thiol groups is 1. The molecule has 6 rings (SSSR count). The first-order chi connectivity index (χ1) is 21.6. The van der Waals surface area contributed by atoms with E-state index < -0.39 is 40.0 Å². The van der Waals surface area contributed by atoms with Crippen LogP contribution in [0.1, 0.15) is 51.7 Å². The monoisotopic (exact) mass is 693 g/mol. The Kier molecular flexibility index (Phi) is 8.56. The molecule has 2 aliphatic heterocycles. The Hall–Kier alpha value is -3.29. The third-order valence-electron chi connectivity index (χ3n) is 8.26. The highest BCUT2D eigenvalue weighted by Crippen LogP contribution is 2.55. The number of benzene rings is 1. The quantitative estimate of drug-likeness (QED) is 0.223. The summed E-state index contributed by atoms with van der Waals surface area (Å²) < 4.78 is 51.8. The summed E-state index contributed by atoms with van der Waals surface area (Å²) in [6, 6.07) is 7.17. The Bertz CT molecular complexity index is 1830. The van der Waals surface area contributed by atoms with Crippen LogP contribution in [0, 0.1) is 0 Å². The van der Waals surface area contributed by atoms with Crippen molar-refractivity contribution < 1.29 is 22.7 Å². The van der Waals surface area contributed by atoms with Crippen molar-refractivity contribution in [3.05, 3.63) is 74.7 Å². The second kappa shape index (κ2) is 12.1. The number of rotatable bonds is 3. The van der Waals surface area contributed by atoms with Crippen molar-refractivity contribution in [2.75, 3.05) is 23.7 Å². The normalized spacial score (nSPS) is 23.0. The largest absolute Gasteiger partial charge is 0.444 e. The van der Waals surface area contributed by atoms with Crippen LogP contribution in [0.2, 0.25) is 5.02 Å². The number of thiophene rings is 1. The predicted molar refractivity (Wildman–Crippen MR) is 177 cm³/mol. The van der Waals surface area contributed by atoms with Crippen molar-refractivity contribution in [3.63, 3.8) is 0 Å². The first-order valence-electron chi connectivity index (χ1n) is 14.9. The Morgan fingerprint density at radius 2 is 1.83 bits per heavy atom. The number of anilines is 1. The highest BCUT2D eigenvalue weighted by Gasteiger charge is 2.39. The number of hydrogen-bond donors (Lipinski definition) is 1. The second-order valence-electron chi connectivity index (χ2n) is 12.9. The molecule has 2 aliphatic rings. The second-order valence-corrected chi connectivity index (χ2v) is 16.7. The maximum atomic E-state index is 14.6. The molecule has 0 radical (unpaired) electrons. The van der Waals surface area contributed by atoms with E-state index in [0.29, 0.717) is 21.2 Å². The van der Waals surface area contributed by atoms with E-state index >= 15 is 0 Å². The van der Waals surface area contributed by atoms with Crippen LogP contribution in [0.25, 0.3) is 10.9 Å². The molecule has 1 fully saturated rings. The number of hydrogen-bond acceptors (Lipinski definition) is 7. The van der Waals surface area contributed by atoms with Gasteiger partial charge in [-0.15, -0.1) is 11.3 Å². The zero-order valence-electron chi connectivity index (χ0n) is 26.0. The zero-order chi connectivity index (χ0) is 33.1. The number of halogens is 4. The van der Waals surface area contributed by atoms with Crippen molar-refractivity contribution in [2.24, 2.45) is 0 Å². The van der Waals surface area contributed by atoms with Crippen LogP contribution in [-0.2, 0) is 17.5 Å². The van der Waals surface area contributed by atoms with Gasteiger partial charge in [-0.2, -0.15) is 29.1 Å². The standard InChI is InChI=1S/C32H35ClF3N5O3S2/c1-18-13-39(14-19(2)41(18)30(43)44-31(3,4)5)28-24-9-22(32(34,35)36)10-25-27(24)40(29(42)38-28)15-21(20-7-6-8-37-12-20)17-46(25)26-11-23(33)16-45-26/h6-12,16,18-19,21,46H,13-15,17H2,1-5H3/t18-,19+,21-/m0/s1. The van der Waals surface area contributed by atoms with Gasteiger partial charge in [0.1, 0.15) is 11.4 Å². The number of carbonyl (C=O) groups excluding carboxylic acids is 1. The number of ether oxygens (including phenoxy) is 1. The molecule has 1 amide bonds. The van der Waals surface area contributed by atoms with E-state index in [0.717, 1.165) is 15.8 Å². The van der Waals surface area contributed by atoms with Gasteiger partial charge < -0.3 is 9.64 Å². The number of piperazine rings is 1. The smallest absolute Gasteiger partial charge is 0.416 e. The van der Waals surface area contributed by atoms with E-state index in [9.17, 15) is 22.8 Å². The minimum absolute atomic E-state index is 0.185. The number of nitrogens with zero attached hydrogens (tertiary/aromatic N) is 5. The van der Waals surface area contributed by atoms with Crippen molar-refractivity contribution in [2.45, 2.75) is 80.0 Å². The Balaban J connectivity index is 1.54. The van der Waals surface area contributed by atoms with E-state index in [1.807, 2.05) is 36.9 Å². The number of carbonyl (C=O) groups is 1. The Morgan fingerprint density at radius 3 is 2.41 bits per heavy atom. The lowest BCUT2D eigenvalue weighted by Crippen LogP contribution is -2.59. The van der Waals surface area contributed by atoms with Gasteiger partial charge in [-0.1, -0.05) is 17.7 Å². The number of amides is 1. The fourth-order valence-corrected chi connectivity index (χ4v) is 10.9. The molecule has 1 unspecified atom stereocenters. The molecule has 0 saturated carbocycles. The predicted octanol–water partition coefficient (Wildman–Crippen LogP) is 7.58. The van der Waals surface area contributed by atoms with Crippen LogP contribution in [0.15, 0.2) is 62.0 Å². The molecule has 46 heavy (non-hydrogen) atoms. The van der Waals surface area contributed by atoms with E-state index in [1.165, 1.54) is 22.0 Å². The average molecular weight is 694 g/mol. The average Bonchev–Trinajstić information content (AvgIpc) is 3.31. The maximum Gasteiger partial charge on any atom is 0.416 e. The maximum absolute atomic E-state index is 14.6. The van der Waals surface area contributed by atoms with Gasteiger partial charge in [0.15, 0.2) is 0 Å². The summed E-state index contributed by atoms with van der Waals surface area (Å²) >= 11 is 7.77. The molecule has 5 heterocycles. The van der Waals surface area contributed by atoms with Crippen molar-refractivity contribution in [1.82, 2.24) is 19.4 Å².